The molecule has 0 amide bonds. The average molecular weight is 310 g/mol. The molecule has 0 unspecified atom stereocenters. The van der Waals surface area contributed by atoms with E-state index in [9.17, 15) is 20.2 Å². The van der Waals surface area contributed by atoms with E-state index in [0.29, 0.717) is 11.1 Å². The molecule has 0 radical (unpaired) electrons. The molecule has 0 saturated heterocycles. The predicted octanol–water partition coefficient (Wildman–Crippen LogP) is 3.08. The quantitative estimate of drug-likeness (QED) is 0.480. The first kappa shape index (κ1) is 14.0. The van der Waals surface area contributed by atoms with Crippen molar-refractivity contribution in [3.63, 3.8) is 0 Å². The van der Waals surface area contributed by atoms with Crippen LogP contribution in [0.25, 0.3) is 0 Å². The van der Waals surface area contributed by atoms with Crippen molar-refractivity contribution < 1.29 is 9.85 Å². The molecule has 0 saturated carbocycles. The third-order valence-electron chi connectivity index (χ3n) is 2.05. The van der Waals surface area contributed by atoms with Crippen molar-refractivity contribution in [2.75, 3.05) is 0 Å². The van der Waals surface area contributed by atoms with Crippen molar-refractivity contribution in [1.82, 2.24) is 0 Å². The van der Waals surface area contributed by atoms with E-state index < -0.39 is 9.85 Å². The first-order chi connectivity index (χ1) is 9.56. The highest BCUT2D eigenvalue weighted by atomic mass is 32.1. The fraction of sp³-hybridized carbons (Fsp3) is 0. The number of thiophene rings is 2. The summed E-state index contributed by atoms with van der Waals surface area (Å²) in [4.78, 5) is 20.0. The van der Waals surface area contributed by atoms with E-state index >= 15 is 0 Å². The maximum Gasteiger partial charge on any atom is 0.324 e. The van der Waals surface area contributed by atoms with E-state index in [0.717, 1.165) is 22.7 Å². The van der Waals surface area contributed by atoms with Gasteiger partial charge in [-0.25, -0.2) is 0 Å². The first-order valence-electron chi connectivity index (χ1n) is 5.08. The van der Waals surface area contributed by atoms with Gasteiger partial charge in [-0.1, -0.05) is 22.7 Å². The Labute approximate surface area is 120 Å². The van der Waals surface area contributed by atoms with Crippen LogP contribution in [0.15, 0.2) is 33.1 Å². The second-order valence-electron chi connectivity index (χ2n) is 3.44. The van der Waals surface area contributed by atoms with Crippen molar-refractivity contribution in [1.29, 1.82) is 0 Å². The number of hydrogen-bond acceptors (Lipinski definition) is 8. The molecule has 2 rings (SSSR count). The van der Waals surface area contributed by atoms with Gasteiger partial charge in [-0.15, -0.1) is 0 Å². The summed E-state index contributed by atoms with van der Waals surface area (Å²) < 4.78 is 0. The van der Waals surface area contributed by atoms with Gasteiger partial charge in [0.2, 0.25) is 0 Å². The van der Waals surface area contributed by atoms with Crippen LogP contribution in [0.5, 0.6) is 0 Å². The Morgan fingerprint density at radius 2 is 1.30 bits per heavy atom. The number of nitrogens with zero attached hydrogens (tertiary/aromatic N) is 4. The van der Waals surface area contributed by atoms with Crippen molar-refractivity contribution in [3.8, 4) is 0 Å². The summed E-state index contributed by atoms with van der Waals surface area (Å²) in [6.45, 7) is 0. The molecule has 102 valence electrons. The van der Waals surface area contributed by atoms with Gasteiger partial charge < -0.3 is 0 Å². The summed E-state index contributed by atoms with van der Waals surface area (Å²) in [7, 11) is 0. The molecule has 2 heterocycles. The second kappa shape index (κ2) is 6.12. The third kappa shape index (κ3) is 3.52. The summed E-state index contributed by atoms with van der Waals surface area (Å²) in [6, 6.07) is 2.78. The van der Waals surface area contributed by atoms with Crippen LogP contribution in [0.1, 0.15) is 11.1 Å². The van der Waals surface area contributed by atoms with Gasteiger partial charge in [0.15, 0.2) is 0 Å². The minimum atomic E-state index is -0.476. The SMILES string of the molecule is O=[N+]([O-])c1cc(C=NN=Cc2csc([N+](=O)[O-])c2)cs1. The zero-order chi connectivity index (χ0) is 14.5. The highest BCUT2D eigenvalue weighted by molar-refractivity contribution is 7.13. The lowest BCUT2D eigenvalue weighted by molar-refractivity contribution is -0.380. The van der Waals surface area contributed by atoms with Crippen LogP contribution in [0, 0.1) is 20.2 Å². The molecule has 0 fully saturated rings. The monoisotopic (exact) mass is 310 g/mol. The summed E-state index contributed by atoms with van der Waals surface area (Å²) in [5.74, 6) is 0. The fourth-order valence-electron chi connectivity index (χ4n) is 1.20. The van der Waals surface area contributed by atoms with Crippen molar-refractivity contribution in [2.24, 2.45) is 10.2 Å². The van der Waals surface area contributed by atoms with Crippen LogP contribution in [0.4, 0.5) is 10.0 Å². The smallest absolute Gasteiger partial charge is 0.258 e. The van der Waals surface area contributed by atoms with Crippen LogP contribution in [0.2, 0.25) is 0 Å². The zero-order valence-corrected chi connectivity index (χ0v) is 11.3. The third-order valence-corrected chi connectivity index (χ3v) is 3.85. The van der Waals surface area contributed by atoms with E-state index in [1.807, 2.05) is 0 Å². The van der Waals surface area contributed by atoms with Crippen LogP contribution in [-0.4, -0.2) is 22.3 Å². The Morgan fingerprint density at radius 3 is 1.60 bits per heavy atom. The fourth-order valence-corrected chi connectivity index (χ4v) is 2.56. The van der Waals surface area contributed by atoms with Gasteiger partial charge in [-0.3, -0.25) is 20.2 Å². The van der Waals surface area contributed by atoms with Gasteiger partial charge in [0, 0.05) is 34.0 Å². The molecule has 20 heavy (non-hydrogen) atoms. The van der Waals surface area contributed by atoms with Crippen LogP contribution < -0.4 is 0 Å². The molecule has 0 aliphatic carbocycles. The van der Waals surface area contributed by atoms with Gasteiger partial charge >= 0.3 is 10.0 Å². The molecule has 0 atom stereocenters. The van der Waals surface area contributed by atoms with Gasteiger partial charge in [-0.2, -0.15) is 10.2 Å². The molecular weight excluding hydrogens is 304 g/mol. The molecule has 0 aromatic carbocycles. The molecule has 0 aliphatic heterocycles. The van der Waals surface area contributed by atoms with E-state index in [1.54, 1.807) is 10.8 Å². The van der Waals surface area contributed by atoms with Crippen LogP contribution in [-0.2, 0) is 0 Å². The van der Waals surface area contributed by atoms with E-state index in [4.69, 9.17) is 0 Å². The van der Waals surface area contributed by atoms with Gasteiger partial charge in [0.25, 0.3) is 0 Å². The van der Waals surface area contributed by atoms with Crippen LogP contribution >= 0.6 is 22.7 Å². The lowest BCUT2D eigenvalue weighted by atomic mass is 10.4. The molecule has 2 aromatic rings. The topological polar surface area (TPSA) is 111 Å². The Balaban J connectivity index is 1.99. The number of nitro groups is 2. The van der Waals surface area contributed by atoms with Crippen molar-refractivity contribution >= 4 is 45.1 Å². The lowest BCUT2D eigenvalue weighted by Gasteiger charge is -1.81. The van der Waals surface area contributed by atoms with Gasteiger partial charge in [-0.05, 0) is 0 Å². The summed E-state index contributed by atoms with van der Waals surface area (Å²) in [5, 5.41) is 31.6. The van der Waals surface area contributed by atoms with Gasteiger partial charge in [0.1, 0.15) is 0 Å². The molecule has 2 aromatic heterocycles. The molecule has 0 spiro atoms. The number of rotatable bonds is 5. The standard InChI is InChI=1S/C10H6N4O4S2/c15-13(16)9-1-7(5-19-9)3-11-12-4-8-2-10(14(17)18)20-6-8/h1-6H. The Bertz CT molecular complexity index is 643. The predicted molar refractivity (Wildman–Crippen MR) is 77.1 cm³/mol. The normalized spacial score (nSPS) is 11.4. The molecule has 10 heteroatoms. The number of hydrogen-bond donors (Lipinski definition) is 0. The van der Waals surface area contributed by atoms with E-state index in [2.05, 4.69) is 10.2 Å². The maximum atomic E-state index is 10.5. The zero-order valence-electron chi connectivity index (χ0n) is 9.70. The molecule has 0 N–H and O–H groups in total. The minimum absolute atomic E-state index is 0.0314. The first-order valence-corrected chi connectivity index (χ1v) is 6.84. The Kier molecular flexibility index (Phi) is 4.27. The van der Waals surface area contributed by atoms with Crippen LogP contribution in [0.3, 0.4) is 0 Å². The van der Waals surface area contributed by atoms with Crippen molar-refractivity contribution in [3.05, 3.63) is 54.2 Å². The van der Waals surface area contributed by atoms with Gasteiger partial charge in [0.05, 0.1) is 22.3 Å². The van der Waals surface area contributed by atoms with E-state index in [1.165, 1.54) is 24.6 Å². The van der Waals surface area contributed by atoms with E-state index in [-0.39, 0.29) is 10.0 Å². The van der Waals surface area contributed by atoms with Crippen molar-refractivity contribution in [2.45, 2.75) is 0 Å². The molecule has 0 aliphatic rings. The molecular formula is C10H6N4O4S2. The highest BCUT2D eigenvalue weighted by Crippen LogP contribution is 2.22. The second-order valence-corrected chi connectivity index (χ2v) is 5.22. The lowest BCUT2D eigenvalue weighted by Crippen LogP contribution is -1.82. The summed E-state index contributed by atoms with van der Waals surface area (Å²) in [5.41, 5.74) is 1.16. The largest absolute Gasteiger partial charge is 0.324 e. The summed E-state index contributed by atoms with van der Waals surface area (Å²) in [6.07, 6.45) is 2.75. The maximum absolute atomic E-state index is 10.5. The average Bonchev–Trinajstić information content (AvgIpc) is 3.04. The highest BCUT2D eigenvalue weighted by Gasteiger charge is 2.08. The molecule has 8 nitrogen and oxygen atoms in total. The summed E-state index contributed by atoms with van der Waals surface area (Å²) >= 11 is 2.01. The molecule has 0 bridgehead atoms. The Morgan fingerprint density at radius 1 is 0.900 bits per heavy atom. The minimum Gasteiger partial charge on any atom is -0.258 e. The Hall–Kier alpha value is -2.46.